The molecule has 3 rings (SSSR count). The fraction of sp³-hybridized carbons (Fsp3) is 0.286. The van der Waals surface area contributed by atoms with Crippen LogP contribution in [0.1, 0.15) is 17.3 Å². The predicted molar refractivity (Wildman–Crippen MR) is 116 cm³/mol. The van der Waals surface area contributed by atoms with Crippen molar-refractivity contribution in [2.24, 2.45) is 11.0 Å². The number of hydrazone groups is 1. The third-order valence-electron chi connectivity index (χ3n) is 4.70. The van der Waals surface area contributed by atoms with Crippen molar-refractivity contribution in [3.63, 3.8) is 0 Å². The second-order valence-electron chi connectivity index (χ2n) is 6.88. The average molecular weight is 445 g/mol. The van der Waals surface area contributed by atoms with Crippen LogP contribution in [0.3, 0.4) is 0 Å². The van der Waals surface area contributed by atoms with Crippen LogP contribution in [0.4, 0.5) is 11.4 Å². The number of ketones is 1. The van der Waals surface area contributed by atoms with E-state index in [1.165, 1.54) is 12.1 Å². The van der Waals surface area contributed by atoms with Gasteiger partial charge in [0.1, 0.15) is 5.92 Å². The van der Waals surface area contributed by atoms with E-state index >= 15 is 0 Å². The van der Waals surface area contributed by atoms with E-state index in [-0.39, 0.29) is 22.0 Å². The number of nitrogens with one attached hydrogen (secondary N) is 1. The normalized spacial score (nSPS) is 15.3. The molecule has 1 unspecified atom stereocenters. The highest BCUT2D eigenvalue weighted by atomic mass is 35.5. The van der Waals surface area contributed by atoms with Crippen LogP contribution >= 0.6 is 11.6 Å². The molecule has 2 aromatic rings. The number of halogens is 1. The van der Waals surface area contributed by atoms with Gasteiger partial charge in [0.15, 0.2) is 5.78 Å². The summed E-state index contributed by atoms with van der Waals surface area (Å²) in [5, 5.41) is 20.1. The number of hydrogen-bond acceptors (Lipinski definition) is 7. The quantitative estimate of drug-likeness (QED) is 0.230. The number of amides is 1. The van der Waals surface area contributed by atoms with Gasteiger partial charge in [-0.1, -0.05) is 29.8 Å². The van der Waals surface area contributed by atoms with Crippen LogP contribution in [0.2, 0.25) is 5.02 Å². The molecule has 31 heavy (non-hydrogen) atoms. The highest BCUT2D eigenvalue weighted by Crippen LogP contribution is 2.26. The number of carbonyl (C=O) groups is 2. The maximum absolute atomic E-state index is 13.4. The first kappa shape index (κ1) is 22.4. The summed E-state index contributed by atoms with van der Waals surface area (Å²) >= 11 is 6.16. The van der Waals surface area contributed by atoms with Crippen molar-refractivity contribution in [1.82, 2.24) is 5.01 Å². The Morgan fingerprint density at radius 3 is 2.52 bits per heavy atom. The number of ether oxygens (including phenoxy) is 1. The van der Waals surface area contributed by atoms with Crippen LogP contribution < -0.4 is 5.32 Å². The fourth-order valence-electron chi connectivity index (χ4n) is 3.14. The highest BCUT2D eigenvalue weighted by Gasteiger charge is 2.33. The monoisotopic (exact) mass is 444 g/mol. The molecule has 1 atom stereocenters. The van der Waals surface area contributed by atoms with Crippen molar-refractivity contribution in [3.05, 3.63) is 69.2 Å². The van der Waals surface area contributed by atoms with Gasteiger partial charge in [-0.2, -0.15) is 5.10 Å². The third kappa shape index (κ3) is 5.65. The van der Waals surface area contributed by atoms with Crippen LogP contribution in [-0.4, -0.2) is 53.6 Å². The summed E-state index contributed by atoms with van der Waals surface area (Å²) in [4.78, 5) is 37.0. The molecule has 1 heterocycles. The van der Waals surface area contributed by atoms with Gasteiger partial charge < -0.3 is 10.1 Å². The van der Waals surface area contributed by atoms with E-state index in [9.17, 15) is 19.7 Å². The lowest BCUT2D eigenvalue weighted by atomic mass is 9.92. The van der Waals surface area contributed by atoms with Gasteiger partial charge in [-0.25, -0.2) is 0 Å². The minimum Gasteiger partial charge on any atom is -0.378 e. The first-order valence-electron chi connectivity index (χ1n) is 9.58. The van der Waals surface area contributed by atoms with Gasteiger partial charge in [-0.3, -0.25) is 24.7 Å². The van der Waals surface area contributed by atoms with Gasteiger partial charge >= 0.3 is 0 Å². The minimum absolute atomic E-state index is 0.0206. The Morgan fingerprint density at radius 1 is 1.19 bits per heavy atom. The van der Waals surface area contributed by atoms with Crippen LogP contribution in [0.5, 0.6) is 0 Å². The standard InChI is InChI=1S/C21H21ClN4O5/c1-14(24-25-9-11-31-12-10-25)19(21(28)23-15-5-3-2-4-6-15)20(27)17-13-16(26(29)30)7-8-18(17)22/h2-8,13,19H,9-12H2,1H3,(H,23,28). The molecule has 9 nitrogen and oxygen atoms in total. The number of anilines is 1. The van der Waals surface area contributed by atoms with Crippen LogP contribution in [0.25, 0.3) is 0 Å². The first-order chi connectivity index (χ1) is 14.9. The Kier molecular flexibility index (Phi) is 7.32. The molecule has 0 bridgehead atoms. The Bertz CT molecular complexity index is 1010. The fourth-order valence-corrected chi connectivity index (χ4v) is 3.35. The van der Waals surface area contributed by atoms with E-state index in [4.69, 9.17) is 16.3 Å². The number of carbonyl (C=O) groups excluding carboxylic acids is 2. The highest BCUT2D eigenvalue weighted by molar-refractivity contribution is 6.36. The molecule has 0 spiro atoms. The maximum Gasteiger partial charge on any atom is 0.270 e. The molecule has 1 fully saturated rings. The number of nitro groups is 1. The third-order valence-corrected chi connectivity index (χ3v) is 5.03. The molecule has 162 valence electrons. The predicted octanol–water partition coefficient (Wildman–Crippen LogP) is 3.39. The summed E-state index contributed by atoms with van der Waals surface area (Å²) in [6.07, 6.45) is 0. The molecule has 0 saturated carbocycles. The van der Waals surface area contributed by atoms with E-state index in [1.54, 1.807) is 42.3 Å². The number of Topliss-reactive ketones (excluding diaryl/α,β-unsaturated/α-hetero) is 1. The van der Waals surface area contributed by atoms with E-state index in [1.807, 2.05) is 0 Å². The summed E-state index contributed by atoms with van der Waals surface area (Å²) in [7, 11) is 0. The molecule has 0 aliphatic carbocycles. The lowest BCUT2D eigenvalue weighted by Crippen LogP contribution is -2.38. The summed E-state index contributed by atoms with van der Waals surface area (Å²) in [5.74, 6) is -2.59. The van der Waals surface area contributed by atoms with E-state index in [0.29, 0.717) is 32.0 Å². The number of para-hydroxylation sites is 1. The molecule has 0 radical (unpaired) electrons. The van der Waals surface area contributed by atoms with Crippen molar-refractivity contribution in [2.45, 2.75) is 6.92 Å². The topological polar surface area (TPSA) is 114 Å². The lowest BCUT2D eigenvalue weighted by Gasteiger charge is -2.26. The van der Waals surface area contributed by atoms with Gasteiger partial charge in [-0.15, -0.1) is 0 Å². The summed E-state index contributed by atoms with van der Waals surface area (Å²) in [6.45, 7) is 3.60. The number of benzene rings is 2. The van der Waals surface area contributed by atoms with Gasteiger partial charge in [0.05, 0.1) is 42.0 Å². The zero-order valence-corrected chi connectivity index (χ0v) is 17.5. The summed E-state index contributed by atoms with van der Waals surface area (Å²) in [5.41, 5.74) is 0.357. The summed E-state index contributed by atoms with van der Waals surface area (Å²) in [6, 6.07) is 12.2. The molecular weight excluding hydrogens is 424 g/mol. The minimum atomic E-state index is -1.32. The van der Waals surface area contributed by atoms with E-state index in [2.05, 4.69) is 10.4 Å². The number of hydrogen-bond donors (Lipinski definition) is 1. The molecule has 0 aromatic heterocycles. The molecular formula is C21H21ClN4O5. The molecule has 1 saturated heterocycles. The van der Waals surface area contributed by atoms with Crippen LogP contribution in [-0.2, 0) is 9.53 Å². The largest absolute Gasteiger partial charge is 0.378 e. The zero-order chi connectivity index (χ0) is 22.4. The molecule has 1 N–H and O–H groups in total. The van der Waals surface area contributed by atoms with Crippen molar-refractivity contribution in [3.8, 4) is 0 Å². The van der Waals surface area contributed by atoms with Crippen molar-refractivity contribution in [2.75, 3.05) is 31.6 Å². The number of non-ortho nitro benzene ring substituents is 1. The van der Waals surface area contributed by atoms with Crippen molar-refractivity contribution >= 4 is 40.4 Å². The van der Waals surface area contributed by atoms with Gasteiger partial charge in [0.25, 0.3) is 5.69 Å². The number of nitrogens with zero attached hydrogens (tertiary/aromatic N) is 3. The van der Waals surface area contributed by atoms with Crippen molar-refractivity contribution in [1.29, 1.82) is 0 Å². The lowest BCUT2D eigenvalue weighted by molar-refractivity contribution is -0.384. The van der Waals surface area contributed by atoms with Gasteiger partial charge in [-0.05, 0) is 25.1 Å². The molecule has 10 heteroatoms. The Morgan fingerprint density at radius 2 is 1.87 bits per heavy atom. The van der Waals surface area contributed by atoms with Crippen LogP contribution in [0.15, 0.2) is 53.6 Å². The molecule has 1 aliphatic heterocycles. The SMILES string of the molecule is CC(=NN1CCOCC1)C(C(=O)Nc1ccccc1)C(=O)c1cc([N+](=O)[O-])ccc1Cl. The Hall–Kier alpha value is -3.30. The average Bonchev–Trinajstić information content (AvgIpc) is 2.75. The number of rotatable bonds is 7. The zero-order valence-electron chi connectivity index (χ0n) is 16.8. The van der Waals surface area contributed by atoms with E-state index in [0.717, 1.165) is 6.07 Å². The molecule has 2 aromatic carbocycles. The summed E-state index contributed by atoms with van der Waals surface area (Å²) < 4.78 is 5.30. The smallest absolute Gasteiger partial charge is 0.270 e. The second-order valence-corrected chi connectivity index (χ2v) is 7.29. The van der Waals surface area contributed by atoms with Gasteiger partial charge in [0, 0.05) is 23.4 Å². The molecule has 1 amide bonds. The maximum atomic E-state index is 13.4. The van der Waals surface area contributed by atoms with Crippen molar-refractivity contribution < 1.29 is 19.2 Å². The van der Waals surface area contributed by atoms with Gasteiger partial charge in [0.2, 0.25) is 5.91 Å². The van der Waals surface area contributed by atoms with E-state index < -0.39 is 22.5 Å². The molecule has 1 aliphatic rings. The Balaban J connectivity index is 1.97. The second kappa shape index (κ2) is 10.1. The Labute approximate surface area is 183 Å². The van der Waals surface area contributed by atoms with Crippen LogP contribution in [0, 0.1) is 16.0 Å². The number of nitro benzene ring substituents is 1. The first-order valence-corrected chi connectivity index (χ1v) is 9.96. The number of morpholine rings is 1.